The molecule has 5 fully saturated rings. The van der Waals surface area contributed by atoms with Gasteiger partial charge in [-0.3, -0.25) is 29.3 Å². The van der Waals surface area contributed by atoms with E-state index >= 15 is 0 Å². The normalized spacial score (nSPS) is 45.2. The first kappa shape index (κ1) is 28.5. The molecule has 0 aromatic carbocycles. The molecule has 3 saturated carbocycles. The third-order valence-corrected chi connectivity index (χ3v) is 10.5. The average Bonchev–Trinajstić information content (AvgIpc) is 3.33. The van der Waals surface area contributed by atoms with Gasteiger partial charge >= 0.3 is 23.9 Å². The molecule has 2 saturated heterocycles. The van der Waals surface area contributed by atoms with Crippen LogP contribution in [0.4, 0.5) is 0 Å². The van der Waals surface area contributed by atoms with Crippen LogP contribution in [0.1, 0.15) is 58.8 Å². The van der Waals surface area contributed by atoms with Crippen molar-refractivity contribution >= 4 is 23.9 Å². The summed E-state index contributed by atoms with van der Waals surface area (Å²) in [6.45, 7) is 3.55. The number of carbonyl (C=O) groups is 4. The smallest absolute Gasteiger partial charge is 0.313 e. The van der Waals surface area contributed by atoms with Crippen LogP contribution >= 0.6 is 0 Å². The van der Waals surface area contributed by atoms with E-state index in [0.29, 0.717) is 12.8 Å². The number of rotatable bonds is 3. The molecule has 6 rings (SSSR count). The molecule has 6 aliphatic rings. The molecule has 0 unspecified atom stereocenters. The molecule has 40 heavy (non-hydrogen) atoms. The molecule has 0 amide bonds. The van der Waals surface area contributed by atoms with E-state index in [0.717, 1.165) is 31.3 Å². The average molecular weight is 563 g/mol. The van der Waals surface area contributed by atoms with E-state index in [1.54, 1.807) is 13.0 Å². The molecule has 12 nitrogen and oxygen atoms in total. The lowest BCUT2D eigenvalue weighted by atomic mass is 9.57. The van der Waals surface area contributed by atoms with Crippen LogP contribution in [0.25, 0.3) is 0 Å². The van der Waals surface area contributed by atoms with Gasteiger partial charge in [0.25, 0.3) is 0 Å². The Morgan fingerprint density at radius 1 is 0.925 bits per heavy atom. The number of hydrogen-bond acceptors (Lipinski definition) is 9. The monoisotopic (exact) mass is 562 g/mol. The first-order chi connectivity index (χ1) is 18.9. The number of carboxylic acid groups (broad SMARTS) is 2. The summed E-state index contributed by atoms with van der Waals surface area (Å²) in [7, 11) is 0. The van der Waals surface area contributed by atoms with Crippen molar-refractivity contribution in [2.24, 2.45) is 59.0 Å². The minimum atomic E-state index is -0.940. The van der Waals surface area contributed by atoms with Gasteiger partial charge in [-0.15, -0.1) is 0 Å². The summed E-state index contributed by atoms with van der Waals surface area (Å²) in [6.07, 6.45) is 5.54. The van der Waals surface area contributed by atoms with Crippen LogP contribution in [0, 0.1) is 63.4 Å². The van der Waals surface area contributed by atoms with Gasteiger partial charge in [0.1, 0.15) is 12.2 Å². The molecule has 13 atom stereocenters. The summed E-state index contributed by atoms with van der Waals surface area (Å²) in [6, 6.07) is -0.518. The van der Waals surface area contributed by atoms with E-state index in [1.165, 1.54) is 0 Å². The second kappa shape index (κ2) is 10.8. The van der Waals surface area contributed by atoms with Gasteiger partial charge in [0.05, 0.1) is 23.7 Å². The zero-order chi connectivity index (χ0) is 29.0. The van der Waals surface area contributed by atoms with Gasteiger partial charge in [0, 0.05) is 35.6 Å². The predicted octanol–water partition coefficient (Wildman–Crippen LogP) is 2.26. The van der Waals surface area contributed by atoms with E-state index in [-0.39, 0.29) is 65.0 Å². The number of nitrogens with zero attached hydrogens (tertiary/aromatic N) is 1. The van der Waals surface area contributed by atoms with Crippen LogP contribution in [0.15, 0.2) is 11.6 Å². The summed E-state index contributed by atoms with van der Waals surface area (Å²) in [5, 5.41) is 30.1. The van der Waals surface area contributed by atoms with Crippen LogP contribution in [0.5, 0.6) is 0 Å². The molecule has 2 aliphatic heterocycles. The van der Waals surface area contributed by atoms with Crippen molar-refractivity contribution in [3.8, 4) is 0 Å². The molecule has 2 heterocycles. The Morgan fingerprint density at radius 3 is 2.23 bits per heavy atom. The van der Waals surface area contributed by atoms with Crippen LogP contribution in [-0.4, -0.2) is 63.3 Å². The number of carbonyl (C=O) groups excluding carboxylic acids is 2. The third-order valence-electron chi connectivity index (χ3n) is 10.5. The number of aliphatic carboxylic acids is 2. The zero-order valence-electron chi connectivity index (χ0n) is 22.7. The van der Waals surface area contributed by atoms with E-state index in [4.69, 9.17) is 15.2 Å². The second-order valence-electron chi connectivity index (χ2n) is 12.6. The maximum Gasteiger partial charge on any atom is 0.313 e. The first-order valence-electron chi connectivity index (χ1n) is 14.3. The number of carboxylic acids is 2. The van der Waals surface area contributed by atoms with Crippen molar-refractivity contribution in [1.82, 2.24) is 0 Å². The van der Waals surface area contributed by atoms with Crippen molar-refractivity contribution < 1.29 is 43.8 Å². The number of hydrogen-bond donors (Lipinski definition) is 3. The maximum atomic E-state index is 11.9. The fraction of sp³-hybridized carbons (Fsp3) is 0.786. The zero-order valence-corrected chi connectivity index (χ0v) is 22.7. The fourth-order valence-corrected chi connectivity index (χ4v) is 8.84. The quantitative estimate of drug-likeness (QED) is 0.197. The topological polar surface area (TPSA) is 196 Å². The minimum absolute atomic E-state index is 0.152. The third kappa shape index (κ3) is 4.88. The second-order valence-corrected chi connectivity index (χ2v) is 12.6. The van der Waals surface area contributed by atoms with Gasteiger partial charge in [0.2, 0.25) is 6.04 Å². The van der Waals surface area contributed by atoms with E-state index in [9.17, 15) is 39.5 Å². The highest BCUT2D eigenvalue weighted by Crippen LogP contribution is 2.53. The van der Waals surface area contributed by atoms with E-state index < -0.39 is 47.8 Å². The van der Waals surface area contributed by atoms with Crippen molar-refractivity contribution in [3.05, 3.63) is 21.8 Å². The molecule has 0 radical (unpaired) electrons. The standard InChI is InChI=1S/C14H17NO6.C14H21NO4/c1-6-11-10(14(18)21-6)5-7-4-8(15(19)20)2-3-9(7)12(11)13(16)17;1-6-11-10(14(18)19-6)5-7-4-8(15)2-3-9(7)12(11)13(16)17/h5-6,8-12H,2-4H2,1H3,(H,16,17);6-12H,2-5,15H2,1H3,(H,16,17)/t6-,8-,9-,10-,11-,12+;6-,7+,8-,9-,10-,11-,12+/m11/s1. The number of nitrogens with two attached hydrogens (primary N) is 1. The van der Waals surface area contributed by atoms with Crippen molar-refractivity contribution in [3.63, 3.8) is 0 Å². The summed E-state index contributed by atoms with van der Waals surface area (Å²) in [5.74, 6) is -4.57. The molecule has 0 aromatic rings. The number of cyclic esters (lactones) is 2. The Bertz CT molecular complexity index is 1120. The Labute approximate surface area is 231 Å². The fourth-order valence-electron chi connectivity index (χ4n) is 8.84. The molecule has 4 aliphatic carbocycles. The van der Waals surface area contributed by atoms with Crippen molar-refractivity contribution in [2.75, 3.05) is 0 Å². The summed E-state index contributed by atoms with van der Waals surface area (Å²) in [5.41, 5.74) is 6.75. The molecule has 0 aromatic heterocycles. The molecule has 0 bridgehead atoms. The summed E-state index contributed by atoms with van der Waals surface area (Å²) < 4.78 is 10.5. The Kier molecular flexibility index (Phi) is 7.66. The number of esters is 2. The molecule has 220 valence electrons. The van der Waals surface area contributed by atoms with Crippen molar-refractivity contribution in [2.45, 2.75) is 83.1 Å². The van der Waals surface area contributed by atoms with E-state index in [1.807, 2.05) is 6.92 Å². The number of ether oxygens (including phenoxy) is 2. The SMILES string of the molecule is C[C@H]1OC(=O)[C@@H]2C=C3C[C@H]([N+](=O)[O-])CC[C@H]3[C@H](C(=O)O)[C@H]12.C[C@H]1OC(=O)[C@@H]2C[C@@H]3C[C@H](N)CC[C@H]3[C@H](C(=O)O)[C@H]12. The lowest BCUT2D eigenvalue weighted by Gasteiger charge is -2.46. The van der Waals surface area contributed by atoms with Gasteiger partial charge in [-0.1, -0.05) is 11.6 Å². The highest BCUT2D eigenvalue weighted by molar-refractivity contribution is 5.81. The molecule has 4 N–H and O–H groups in total. The Balaban J connectivity index is 0.000000162. The number of fused-ring (bicyclic) bond motifs is 4. The maximum absolute atomic E-state index is 11.9. The lowest BCUT2D eigenvalue weighted by molar-refractivity contribution is -0.524. The largest absolute Gasteiger partial charge is 0.481 e. The van der Waals surface area contributed by atoms with Gasteiger partial charge in [0.15, 0.2) is 0 Å². The Morgan fingerprint density at radius 2 is 1.57 bits per heavy atom. The molecular weight excluding hydrogens is 524 g/mol. The van der Waals surface area contributed by atoms with Gasteiger partial charge in [-0.2, -0.15) is 0 Å². The Hall–Kier alpha value is -3.02. The highest BCUT2D eigenvalue weighted by atomic mass is 16.6. The van der Waals surface area contributed by atoms with Crippen LogP contribution in [0.2, 0.25) is 0 Å². The van der Waals surface area contributed by atoms with Gasteiger partial charge in [-0.25, -0.2) is 0 Å². The highest BCUT2D eigenvalue weighted by Gasteiger charge is 2.58. The predicted molar refractivity (Wildman–Crippen MR) is 137 cm³/mol. The molecule has 0 spiro atoms. The minimum Gasteiger partial charge on any atom is -0.481 e. The molecule has 12 heteroatoms. The first-order valence-corrected chi connectivity index (χ1v) is 14.3. The van der Waals surface area contributed by atoms with E-state index in [2.05, 4.69) is 0 Å². The summed E-state index contributed by atoms with van der Waals surface area (Å²) in [4.78, 5) is 57.8. The molecular formula is C28H38N2O10. The van der Waals surface area contributed by atoms with Gasteiger partial charge in [-0.05, 0) is 63.7 Å². The van der Waals surface area contributed by atoms with Gasteiger partial charge < -0.3 is 25.4 Å². The van der Waals surface area contributed by atoms with Crippen LogP contribution in [-0.2, 0) is 28.7 Å². The number of nitro groups is 1. The lowest BCUT2D eigenvalue weighted by Crippen LogP contribution is -2.49. The van der Waals surface area contributed by atoms with Crippen LogP contribution in [0.3, 0.4) is 0 Å². The van der Waals surface area contributed by atoms with Crippen LogP contribution < -0.4 is 5.73 Å². The summed E-state index contributed by atoms with van der Waals surface area (Å²) >= 11 is 0. The van der Waals surface area contributed by atoms with Crippen molar-refractivity contribution in [1.29, 1.82) is 0 Å².